The van der Waals surface area contributed by atoms with Crippen molar-refractivity contribution in [3.05, 3.63) is 11.9 Å². The van der Waals surface area contributed by atoms with Crippen LogP contribution < -0.4 is 16.2 Å². The first-order valence-electron chi connectivity index (χ1n) is 6.76. The van der Waals surface area contributed by atoms with Gasteiger partial charge in [-0.05, 0) is 12.8 Å². The van der Waals surface area contributed by atoms with Gasteiger partial charge >= 0.3 is 6.18 Å². The summed E-state index contributed by atoms with van der Waals surface area (Å²) in [6, 6.07) is 1.45. The number of anilines is 2. The summed E-state index contributed by atoms with van der Waals surface area (Å²) in [5.41, 5.74) is 2.13. The zero-order valence-corrected chi connectivity index (χ0v) is 11.4. The molecule has 21 heavy (non-hydrogen) atoms. The standard InChI is InChI=1S/C12H18F3N5O/c13-12(14,15)11-17-9(19-16)7-10(18-11)20(5-6-21)8-3-1-2-4-8/h7-8,21H,1-6,16H2,(H,17,18,19). The Bertz CT molecular complexity index is 476. The van der Waals surface area contributed by atoms with Crippen molar-refractivity contribution in [1.29, 1.82) is 0 Å². The Balaban J connectivity index is 2.38. The van der Waals surface area contributed by atoms with Crippen LogP contribution in [0.15, 0.2) is 6.07 Å². The van der Waals surface area contributed by atoms with E-state index in [1.165, 1.54) is 6.07 Å². The number of nitrogen functional groups attached to an aromatic ring is 1. The molecule has 0 aliphatic heterocycles. The second-order valence-electron chi connectivity index (χ2n) is 4.93. The molecule has 1 aliphatic rings. The molecule has 0 unspecified atom stereocenters. The number of hydrazine groups is 1. The zero-order chi connectivity index (χ0) is 15.5. The Morgan fingerprint density at radius 3 is 2.52 bits per heavy atom. The number of nitrogens with zero attached hydrogens (tertiary/aromatic N) is 3. The van der Waals surface area contributed by atoms with Crippen LogP contribution in [0.3, 0.4) is 0 Å². The lowest BCUT2D eigenvalue weighted by Gasteiger charge is -2.30. The van der Waals surface area contributed by atoms with E-state index >= 15 is 0 Å². The smallest absolute Gasteiger partial charge is 0.395 e. The molecule has 1 aromatic rings. The molecule has 0 aromatic carbocycles. The van der Waals surface area contributed by atoms with Crippen molar-refractivity contribution in [2.24, 2.45) is 5.84 Å². The molecule has 6 nitrogen and oxygen atoms in total. The molecule has 1 aromatic heterocycles. The summed E-state index contributed by atoms with van der Waals surface area (Å²) in [6.45, 7) is 0.0657. The number of nitrogens with one attached hydrogen (secondary N) is 1. The Kier molecular flexibility index (Phi) is 4.84. The van der Waals surface area contributed by atoms with Crippen LogP contribution in [0.4, 0.5) is 24.8 Å². The van der Waals surface area contributed by atoms with E-state index in [1.807, 2.05) is 0 Å². The van der Waals surface area contributed by atoms with Gasteiger partial charge in [0.2, 0.25) is 5.82 Å². The molecule has 1 fully saturated rings. The predicted octanol–water partition coefficient (Wildman–Crippen LogP) is 1.52. The molecule has 1 heterocycles. The summed E-state index contributed by atoms with van der Waals surface area (Å²) in [7, 11) is 0. The fraction of sp³-hybridized carbons (Fsp3) is 0.667. The Hall–Kier alpha value is -1.61. The molecule has 1 saturated carbocycles. The van der Waals surface area contributed by atoms with Gasteiger partial charge in [0, 0.05) is 18.7 Å². The van der Waals surface area contributed by atoms with E-state index in [-0.39, 0.29) is 30.8 Å². The van der Waals surface area contributed by atoms with Crippen LogP contribution in [-0.4, -0.2) is 34.3 Å². The molecule has 4 N–H and O–H groups in total. The summed E-state index contributed by atoms with van der Waals surface area (Å²) < 4.78 is 38.5. The molecule has 0 saturated heterocycles. The minimum atomic E-state index is -4.65. The Morgan fingerprint density at radius 2 is 2.00 bits per heavy atom. The van der Waals surface area contributed by atoms with Gasteiger partial charge in [0.1, 0.15) is 11.6 Å². The minimum absolute atomic E-state index is 0.0822. The molecule has 0 radical (unpaired) electrons. The second kappa shape index (κ2) is 6.44. The molecular formula is C12H18F3N5O. The lowest BCUT2D eigenvalue weighted by Crippen LogP contribution is -2.37. The third-order valence-corrected chi connectivity index (χ3v) is 3.51. The second-order valence-corrected chi connectivity index (χ2v) is 4.93. The van der Waals surface area contributed by atoms with Crippen LogP contribution in [0, 0.1) is 0 Å². The van der Waals surface area contributed by atoms with Gasteiger partial charge in [-0.25, -0.2) is 15.8 Å². The topological polar surface area (TPSA) is 87.3 Å². The molecule has 0 spiro atoms. The number of rotatable bonds is 5. The van der Waals surface area contributed by atoms with E-state index in [0.29, 0.717) is 0 Å². The first-order chi connectivity index (χ1) is 9.95. The van der Waals surface area contributed by atoms with E-state index in [2.05, 4.69) is 15.4 Å². The third kappa shape index (κ3) is 3.73. The molecule has 0 atom stereocenters. The number of aromatic nitrogens is 2. The molecule has 0 bridgehead atoms. The first kappa shape index (κ1) is 15.8. The number of hydrogen-bond donors (Lipinski definition) is 3. The number of nitrogens with two attached hydrogens (primary N) is 1. The Morgan fingerprint density at radius 1 is 1.33 bits per heavy atom. The SMILES string of the molecule is NNc1cc(N(CCO)C2CCCC2)nc(C(F)(F)F)n1. The van der Waals surface area contributed by atoms with E-state index in [4.69, 9.17) is 10.9 Å². The van der Waals surface area contributed by atoms with Gasteiger partial charge < -0.3 is 15.4 Å². The maximum absolute atomic E-state index is 12.8. The van der Waals surface area contributed by atoms with Crippen molar-refractivity contribution in [1.82, 2.24) is 9.97 Å². The van der Waals surface area contributed by atoms with E-state index in [9.17, 15) is 13.2 Å². The molecule has 2 rings (SSSR count). The van der Waals surface area contributed by atoms with Crippen molar-refractivity contribution >= 4 is 11.6 Å². The summed E-state index contributed by atoms with van der Waals surface area (Å²) in [5.74, 6) is 3.97. The van der Waals surface area contributed by atoms with Gasteiger partial charge in [-0.3, -0.25) is 0 Å². The highest BCUT2D eigenvalue weighted by Crippen LogP contribution is 2.32. The summed E-state index contributed by atoms with van der Waals surface area (Å²) in [4.78, 5) is 8.63. The van der Waals surface area contributed by atoms with Gasteiger partial charge in [0.25, 0.3) is 0 Å². The molecule has 1 aliphatic carbocycles. The van der Waals surface area contributed by atoms with Crippen molar-refractivity contribution in [2.75, 3.05) is 23.5 Å². The van der Waals surface area contributed by atoms with Crippen LogP contribution in [-0.2, 0) is 6.18 Å². The lowest BCUT2D eigenvalue weighted by molar-refractivity contribution is -0.144. The molecule has 0 amide bonds. The average molecular weight is 305 g/mol. The normalized spacial score (nSPS) is 16.2. The lowest BCUT2D eigenvalue weighted by atomic mass is 10.2. The number of aliphatic hydroxyl groups excluding tert-OH is 1. The van der Waals surface area contributed by atoms with E-state index in [0.717, 1.165) is 25.7 Å². The average Bonchev–Trinajstić information content (AvgIpc) is 2.97. The summed E-state index contributed by atoms with van der Waals surface area (Å²) >= 11 is 0. The third-order valence-electron chi connectivity index (χ3n) is 3.51. The number of hydrogen-bond acceptors (Lipinski definition) is 6. The highest BCUT2D eigenvalue weighted by molar-refractivity contribution is 5.50. The number of aliphatic hydroxyl groups is 1. The summed E-state index contributed by atoms with van der Waals surface area (Å²) in [6.07, 6.45) is -0.868. The fourth-order valence-electron chi connectivity index (χ4n) is 2.59. The van der Waals surface area contributed by atoms with Crippen LogP contribution >= 0.6 is 0 Å². The molecule has 118 valence electrons. The highest BCUT2D eigenvalue weighted by atomic mass is 19.4. The fourth-order valence-corrected chi connectivity index (χ4v) is 2.59. The highest BCUT2D eigenvalue weighted by Gasteiger charge is 2.36. The molecule has 9 heteroatoms. The van der Waals surface area contributed by atoms with Gasteiger partial charge in [-0.1, -0.05) is 12.8 Å². The van der Waals surface area contributed by atoms with Gasteiger partial charge in [0.05, 0.1) is 6.61 Å². The quantitative estimate of drug-likeness (QED) is 0.565. The van der Waals surface area contributed by atoms with Crippen molar-refractivity contribution in [3.8, 4) is 0 Å². The van der Waals surface area contributed by atoms with Crippen LogP contribution in [0.5, 0.6) is 0 Å². The van der Waals surface area contributed by atoms with Crippen molar-refractivity contribution in [3.63, 3.8) is 0 Å². The minimum Gasteiger partial charge on any atom is -0.395 e. The van der Waals surface area contributed by atoms with Crippen LogP contribution in [0.2, 0.25) is 0 Å². The van der Waals surface area contributed by atoms with Gasteiger partial charge in [-0.15, -0.1) is 0 Å². The van der Waals surface area contributed by atoms with Gasteiger partial charge in [0.15, 0.2) is 0 Å². The number of alkyl halides is 3. The van der Waals surface area contributed by atoms with Crippen LogP contribution in [0.1, 0.15) is 31.5 Å². The van der Waals surface area contributed by atoms with Crippen molar-refractivity contribution in [2.45, 2.75) is 37.9 Å². The number of halogens is 3. The van der Waals surface area contributed by atoms with Gasteiger partial charge in [-0.2, -0.15) is 13.2 Å². The molecular weight excluding hydrogens is 287 g/mol. The predicted molar refractivity (Wildman–Crippen MR) is 71.5 cm³/mol. The van der Waals surface area contributed by atoms with E-state index in [1.54, 1.807) is 4.90 Å². The van der Waals surface area contributed by atoms with E-state index < -0.39 is 12.0 Å². The maximum Gasteiger partial charge on any atom is 0.451 e. The first-order valence-corrected chi connectivity index (χ1v) is 6.76. The maximum atomic E-state index is 12.8. The summed E-state index contributed by atoms with van der Waals surface area (Å²) in [5, 5.41) is 9.17. The zero-order valence-electron chi connectivity index (χ0n) is 11.4. The van der Waals surface area contributed by atoms with Crippen LogP contribution in [0.25, 0.3) is 0 Å². The largest absolute Gasteiger partial charge is 0.451 e. The monoisotopic (exact) mass is 305 g/mol. The van der Waals surface area contributed by atoms with Crippen molar-refractivity contribution < 1.29 is 18.3 Å². The Labute approximate surface area is 120 Å².